The van der Waals surface area contributed by atoms with Crippen LogP contribution in [-0.4, -0.2) is 28.1 Å². The van der Waals surface area contributed by atoms with Gasteiger partial charge in [0.25, 0.3) is 10.0 Å². The van der Waals surface area contributed by atoms with Crippen molar-refractivity contribution in [1.29, 1.82) is 0 Å². The molecule has 3 aromatic carbocycles. The summed E-state index contributed by atoms with van der Waals surface area (Å²) >= 11 is 0. The van der Waals surface area contributed by atoms with Crippen molar-refractivity contribution in [1.82, 2.24) is 0 Å². The lowest BCUT2D eigenvalue weighted by Crippen LogP contribution is -2.14. The van der Waals surface area contributed by atoms with Gasteiger partial charge in [0.2, 0.25) is 0 Å². The summed E-state index contributed by atoms with van der Waals surface area (Å²) in [7, 11) is -2.25. The van der Waals surface area contributed by atoms with Gasteiger partial charge in [-0.05, 0) is 66.6 Å². The highest BCUT2D eigenvalue weighted by molar-refractivity contribution is 7.92. The number of carbonyl (C=O) groups is 1. The highest BCUT2D eigenvalue weighted by Gasteiger charge is 2.17. The Hall–Kier alpha value is -3.06. The third-order valence-corrected chi connectivity index (χ3v) is 5.69. The van der Waals surface area contributed by atoms with Gasteiger partial charge in [-0.1, -0.05) is 18.2 Å². The normalized spacial score (nSPS) is 11.2. The van der Waals surface area contributed by atoms with Gasteiger partial charge in [-0.15, -0.1) is 0 Å². The average molecular weight is 399 g/mol. The maximum absolute atomic E-state index is 12.9. The summed E-state index contributed by atoms with van der Waals surface area (Å²) in [5.41, 5.74) is 1.32. The van der Waals surface area contributed by atoms with Crippen molar-refractivity contribution in [3.05, 3.63) is 65.7 Å². The maximum atomic E-state index is 12.9. The number of rotatable bonds is 6. The van der Waals surface area contributed by atoms with Crippen molar-refractivity contribution in [3.63, 3.8) is 0 Å². The monoisotopic (exact) mass is 399 g/mol. The molecule has 0 heterocycles. The predicted molar refractivity (Wildman–Crippen MR) is 108 cm³/mol. The zero-order valence-corrected chi connectivity index (χ0v) is 16.7. The van der Waals surface area contributed by atoms with Crippen molar-refractivity contribution >= 4 is 32.5 Å². The van der Waals surface area contributed by atoms with Gasteiger partial charge in [0.15, 0.2) is 0 Å². The van der Waals surface area contributed by atoms with E-state index in [0.29, 0.717) is 17.0 Å². The minimum atomic E-state index is -3.83. The van der Waals surface area contributed by atoms with Crippen LogP contribution >= 0.6 is 0 Å². The third kappa shape index (κ3) is 4.09. The topological polar surface area (TPSA) is 81.7 Å². The largest absolute Gasteiger partial charge is 0.497 e. The summed E-state index contributed by atoms with van der Waals surface area (Å²) in [4.78, 5) is 12.1. The Kier molecular flexibility index (Phi) is 5.56. The van der Waals surface area contributed by atoms with Crippen LogP contribution in [0.15, 0.2) is 59.5 Å². The fourth-order valence-corrected chi connectivity index (χ4v) is 3.93. The number of aryl methyl sites for hydroxylation is 1. The SMILES string of the molecule is CCOC(=O)c1ccc(C)c(NS(=O)(=O)c2ccc3cc(OC)ccc3c2)c1. The van der Waals surface area contributed by atoms with E-state index in [-0.39, 0.29) is 17.1 Å². The fraction of sp³-hybridized carbons (Fsp3) is 0.190. The lowest BCUT2D eigenvalue weighted by atomic mass is 10.1. The number of benzene rings is 3. The van der Waals surface area contributed by atoms with Crippen LogP contribution in [0.3, 0.4) is 0 Å². The molecule has 0 radical (unpaired) electrons. The van der Waals surface area contributed by atoms with Gasteiger partial charge in [0.05, 0.1) is 29.9 Å². The van der Waals surface area contributed by atoms with E-state index in [1.54, 1.807) is 57.4 Å². The van der Waals surface area contributed by atoms with E-state index in [4.69, 9.17) is 9.47 Å². The van der Waals surface area contributed by atoms with Crippen LogP contribution in [0.2, 0.25) is 0 Å². The standard InChI is InChI=1S/C21H21NO5S/c1-4-27-21(23)17-6-5-14(2)20(13-17)22-28(24,25)19-10-8-15-11-18(26-3)9-7-16(15)12-19/h5-13,22H,4H2,1-3H3. The van der Waals surface area contributed by atoms with E-state index in [1.807, 2.05) is 6.07 Å². The lowest BCUT2D eigenvalue weighted by Gasteiger charge is -2.13. The molecule has 0 unspecified atom stereocenters. The maximum Gasteiger partial charge on any atom is 0.338 e. The molecule has 3 aromatic rings. The van der Waals surface area contributed by atoms with Crippen LogP contribution in [0.25, 0.3) is 10.8 Å². The van der Waals surface area contributed by atoms with Crippen molar-refractivity contribution in [2.75, 3.05) is 18.4 Å². The number of ether oxygens (including phenoxy) is 2. The minimum Gasteiger partial charge on any atom is -0.497 e. The first-order valence-electron chi connectivity index (χ1n) is 8.72. The van der Waals surface area contributed by atoms with Crippen LogP contribution in [0, 0.1) is 6.92 Å². The number of hydrogen-bond acceptors (Lipinski definition) is 5. The molecule has 0 saturated heterocycles. The average Bonchev–Trinajstić information content (AvgIpc) is 2.68. The second kappa shape index (κ2) is 7.90. The minimum absolute atomic E-state index is 0.131. The zero-order chi connectivity index (χ0) is 20.3. The Morgan fingerprint density at radius 1 is 1.00 bits per heavy atom. The number of sulfonamides is 1. The highest BCUT2D eigenvalue weighted by atomic mass is 32.2. The predicted octanol–water partition coefficient (Wildman–Crippen LogP) is 4.13. The first-order valence-corrected chi connectivity index (χ1v) is 10.2. The summed E-state index contributed by atoms with van der Waals surface area (Å²) in [5, 5.41) is 1.65. The van der Waals surface area contributed by atoms with E-state index < -0.39 is 16.0 Å². The number of methoxy groups -OCH3 is 1. The van der Waals surface area contributed by atoms with Gasteiger partial charge < -0.3 is 9.47 Å². The number of esters is 1. The van der Waals surface area contributed by atoms with Gasteiger partial charge in [0, 0.05) is 0 Å². The van der Waals surface area contributed by atoms with Crippen LogP contribution in [0.5, 0.6) is 5.75 Å². The molecule has 0 aromatic heterocycles. The quantitative estimate of drug-likeness (QED) is 0.630. The van der Waals surface area contributed by atoms with Crippen molar-refractivity contribution in [2.45, 2.75) is 18.7 Å². The van der Waals surface area contributed by atoms with Crippen molar-refractivity contribution in [3.8, 4) is 5.75 Å². The van der Waals surface area contributed by atoms with Crippen LogP contribution in [-0.2, 0) is 14.8 Å². The van der Waals surface area contributed by atoms with E-state index in [2.05, 4.69) is 4.72 Å². The molecular weight excluding hydrogens is 378 g/mol. The van der Waals surface area contributed by atoms with Gasteiger partial charge in [-0.25, -0.2) is 13.2 Å². The molecule has 0 atom stereocenters. The Labute approximate surface area is 164 Å². The molecule has 7 heteroatoms. The highest BCUT2D eigenvalue weighted by Crippen LogP contribution is 2.26. The van der Waals surface area contributed by atoms with Gasteiger partial charge in [0.1, 0.15) is 5.75 Å². The number of fused-ring (bicyclic) bond motifs is 1. The second-order valence-electron chi connectivity index (χ2n) is 6.23. The summed E-state index contributed by atoms with van der Waals surface area (Å²) in [6.45, 7) is 3.72. The Bertz CT molecular complexity index is 1140. The Balaban J connectivity index is 1.94. The molecule has 0 saturated carbocycles. The van der Waals surface area contributed by atoms with E-state index >= 15 is 0 Å². The van der Waals surface area contributed by atoms with Crippen molar-refractivity contribution in [2.24, 2.45) is 0 Å². The molecule has 6 nitrogen and oxygen atoms in total. The van der Waals surface area contributed by atoms with Crippen molar-refractivity contribution < 1.29 is 22.7 Å². The van der Waals surface area contributed by atoms with Gasteiger partial charge in [-0.3, -0.25) is 4.72 Å². The molecule has 0 fully saturated rings. The number of anilines is 1. The Morgan fingerprint density at radius 2 is 1.71 bits per heavy atom. The molecular formula is C21H21NO5S. The van der Waals surface area contributed by atoms with Gasteiger partial charge in [-0.2, -0.15) is 0 Å². The molecule has 0 bridgehead atoms. The van der Waals surface area contributed by atoms with E-state index in [9.17, 15) is 13.2 Å². The molecule has 1 N–H and O–H groups in total. The van der Waals surface area contributed by atoms with Crippen LogP contribution in [0.1, 0.15) is 22.8 Å². The molecule has 0 aliphatic heterocycles. The van der Waals surface area contributed by atoms with E-state index in [0.717, 1.165) is 10.8 Å². The van der Waals surface area contributed by atoms with Gasteiger partial charge >= 0.3 is 5.97 Å². The smallest absolute Gasteiger partial charge is 0.338 e. The molecule has 0 amide bonds. The number of hydrogen-bond donors (Lipinski definition) is 1. The molecule has 0 aliphatic rings. The number of nitrogens with one attached hydrogen (secondary N) is 1. The first kappa shape index (κ1) is 19.7. The summed E-state index contributed by atoms with van der Waals surface area (Å²) < 4.78 is 38.5. The Morgan fingerprint density at radius 3 is 2.43 bits per heavy atom. The molecule has 0 spiro atoms. The molecule has 146 valence electrons. The molecule has 28 heavy (non-hydrogen) atoms. The summed E-state index contributed by atoms with van der Waals surface area (Å²) in [6.07, 6.45) is 0. The lowest BCUT2D eigenvalue weighted by molar-refractivity contribution is 0.0526. The molecule has 0 aliphatic carbocycles. The number of carbonyl (C=O) groups excluding carboxylic acids is 1. The molecule has 3 rings (SSSR count). The zero-order valence-electron chi connectivity index (χ0n) is 15.9. The van der Waals surface area contributed by atoms with E-state index in [1.165, 1.54) is 12.1 Å². The summed E-state index contributed by atoms with van der Waals surface area (Å²) in [6, 6.07) is 15.1. The first-order chi connectivity index (χ1) is 13.3. The van der Waals surface area contributed by atoms with Crippen LogP contribution in [0.4, 0.5) is 5.69 Å². The summed E-state index contributed by atoms with van der Waals surface area (Å²) in [5.74, 6) is 0.204. The third-order valence-electron chi connectivity index (χ3n) is 4.32. The fourth-order valence-electron chi connectivity index (χ4n) is 2.77. The van der Waals surface area contributed by atoms with Crippen LogP contribution < -0.4 is 9.46 Å². The second-order valence-corrected chi connectivity index (χ2v) is 7.91.